The molecule has 0 aliphatic carbocycles. The molecule has 5 rings (SSSR count). The van der Waals surface area contributed by atoms with Gasteiger partial charge in [0.05, 0.1) is 30.6 Å². The van der Waals surface area contributed by atoms with Gasteiger partial charge in [0.15, 0.2) is 11.5 Å². The van der Waals surface area contributed by atoms with E-state index in [9.17, 15) is 4.79 Å². The number of para-hydroxylation sites is 2. The van der Waals surface area contributed by atoms with Crippen LogP contribution < -0.4 is 24.0 Å². The molecule has 7 heteroatoms. The highest BCUT2D eigenvalue weighted by molar-refractivity contribution is 6.02. The standard InChI is InChI=1S/C27H33N3O4/c1-19-17-27(2,3)30(22-16-25-24(15-20(19)22)33-13-14-34-25)26(31)18-28-9-11-29(12-10-28)21-7-5-6-8-23(21)32-4/h5-8,15-17H,9-14,18H2,1-4H3. The summed E-state index contributed by atoms with van der Waals surface area (Å²) in [5.41, 5.74) is 3.74. The lowest BCUT2D eigenvalue weighted by molar-refractivity contribution is -0.120. The SMILES string of the molecule is COc1ccccc1N1CCN(CC(=O)N2c3cc4c(cc3C(C)=CC2(C)C)OCCO4)CC1. The second-order valence-corrected chi connectivity index (χ2v) is 9.66. The summed E-state index contributed by atoms with van der Waals surface area (Å²) >= 11 is 0. The first-order valence-corrected chi connectivity index (χ1v) is 11.9. The third kappa shape index (κ3) is 4.09. The van der Waals surface area contributed by atoms with E-state index in [1.54, 1.807) is 7.11 Å². The molecule has 34 heavy (non-hydrogen) atoms. The van der Waals surface area contributed by atoms with Crippen molar-refractivity contribution >= 4 is 22.9 Å². The van der Waals surface area contributed by atoms with Crippen molar-refractivity contribution in [3.63, 3.8) is 0 Å². The number of hydrogen-bond donors (Lipinski definition) is 0. The van der Waals surface area contributed by atoms with E-state index in [2.05, 4.69) is 42.7 Å². The predicted molar refractivity (Wildman–Crippen MR) is 134 cm³/mol. The molecule has 2 aromatic carbocycles. The predicted octanol–water partition coefficient (Wildman–Crippen LogP) is 3.82. The van der Waals surface area contributed by atoms with Gasteiger partial charge in [0.2, 0.25) is 5.91 Å². The molecule has 0 N–H and O–H groups in total. The average Bonchev–Trinajstić information content (AvgIpc) is 2.83. The van der Waals surface area contributed by atoms with E-state index in [-0.39, 0.29) is 5.91 Å². The normalized spacial score (nSPS) is 19.4. The van der Waals surface area contributed by atoms with Crippen LogP contribution in [0.3, 0.4) is 0 Å². The lowest BCUT2D eigenvalue weighted by Crippen LogP contribution is -2.55. The zero-order chi connectivity index (χ0) is 23.9. The Morgan fingerprint density at radius 1 is 1.00 bits per heavy atom. The number of methoxy groups -OCH3 is 1. The number of anilines is 2. The number of carbonyl (C=O) groups excluding carboxylic acids is 1. The smallest absolute Gasteiger partial charge is 0.241 e. The summed E-state index contributed by atoms with van der Waals surface area (Å²) in [5.74, 6) is 2.43. The molecule has 7 nitrogen and oxygen atoms in total. The highest BCUT2D eigenvalue weighted by Gasteiger charge is 2.38. The summed E-state index contributed by atoms with van der Waals surface area (Å²) in [6.07, 6.45) is 2.17. The van der Waals surface area contributed by atoms with Gasteiger partial charge in [-0.2, -0.15) is 0 Å². The van der Waals surface area contributed by atoms with Crippen LogP contribution >= 0.6 is 0 Å². The number of fused-ring (bicyclic) bond motifs is 2. The van der Waals surface area contributed by atoms with Crippen molar-refractivity contribution in [1.29, 1.82) is 0 Å². The van der Waals surface area contributed by atoms with E-state index >= 15 is 0 Å². The maximum Gasteiger partial charge on any atom is 0.241 e. The fourth-order valence-electron chi connectivity index (χ4n) is 5.32. The molecule has 1 amide bonds. The van der Waals surface area contributed by atoms with Crippen molar-refractivity contribution in [2.24, 2.45) is 0 Å². The Hall–Kier alpha value is -3.19. The summed E-state index contributed by atoms with van der Waals surface area (Å²) in [6, 6.07) is 12.1. The van der Waals surface area contributed by atoms with Crippen LogP contribution in [0.15, 0.2) is 42.5 Å². The summed E-state index contributed by atoms with van der Waals surface area (Å²) in [7, 11) is 1.70. The van der Waals surface area contributed by atoms with Gasteiger partial charge in [-0.05, 0) is 44.5 Å². The molecule has 180 valence electrons. The van der Waals surface area contributed by atoms with Crippen LogP contribution in [0.25, 0.3) is 5.57 Å². The van der Waals surface area contributed by atoms with Crippen molar-refractivity contribution in [2.75, 3.05) is 62.8 Å². The zero-order valence-electron chi connectivity index (χ0n) is 20.5. The van der Waals surface area contributed by atoms with Crippen molar-refractivity contribution in [1.82, 2.24) is 4.90 Å². The Morgan fingerprint density at radius 3 is 2.38 bits per heavy atom. The van der Waals surface area contributed by atoms with Crippen molar-refractivity contribution < 1.29 is 19.0 Å². The summed E-state index contributed by atoms with van der Waals surface area (Å²) < 4.78 is 17.2. The van der Waals surface area contributed by atoms with Gasteiger partial charge in [-0.15, -0.1) is 0 Å². The number of rotatable bonds is 4. The second kappa shape index (κ2) is 8.87. The van der Waals surface area contributed by atoms with Crippen molar-refractivity contribution in [3.05, 3.63) is 48.0 Å². The lowest BCUT2D eigenvalue weighted by atomic mass is 9.88. The second-order valence-electron chi connectivity index (χ2n) is 9.66. The summed E-state index contributed by atoms with van der Waals surface area (Å²) in [5, 5.41) is 0. The molecule has 0 aromatic heterocycles. The number of benzene rings is 2. The Kier molecular flexibility index (Phi) is 5.90. The number of amides is 1. The van der Waals surface area contributed by atoms with Crippen LogP contribution in [0.1, 0.15) is 26.3 Å². The maximum absolute atomic E-state index is 13.7. The Morgan fingerprint density at radius 2 is 1.68 bits per heavy atom. The topological polar surface area (TPSA) is 54.5 Å². The molecule has 0 bridgehead atoms. The molecule has 0 saturated carbocycles. The molecule has 3 heterocycles. The molecule has 0 atom stereocenters. The summed E-state index contributed by atoms with van der Waals surface area (Å²) in [4.78, 5) is 20.2. The van der Waals surface area contributed by atoms with Gasteiger partial charge in [0.25, 0.3) is 0 Å². The summed E-state index contributed by atoms with van der Waals surface area (Å²) in [6.45, 7) is 11.1. The first-order valence-electron chi connectivity index (χ1n) is 11.9. The van der Waals surface area contributed by atoms with E-state index < -0.39 is 5.54 Å². The van der Waals surface area contributed by atoms with Gasteiger partial charge >= 0.3 is 0 Å². The van der Waals surface area contributed by atoms with Gasteiger partial charge in [0.1, 0.15) is 19.0 Å². The quantitative estimate of drug-likeness (QED) is 0.687. The lowest BCUT2D eigenvalue weighted by Gasteiger charge is -2.43. The van der Waals surface area contributed by atoms with Crippen LogP contribution in [0, 0.1) is 0 Å². The van der Waals surface area contributed by atoms with E-state index in [1.165, 1.54) is 0 Å². The average molecular weight is 464 g/mol. The first-order chi connectivity index (χ1) is 16.4. The highest BCUT2D eigenvalue weighted by atomic mass is 16.6. The number of ether oxygens (including phenoxy) is 3. The minimum absolute atomic E-state index is 0.0948. The van der Waals surface area contributed by atoms with E-state index in [1.807, 2.05) is 35.2 Å². The molecule has 2 aromatic rings. The van der Waals surface area contributed by atoms with E-state index in [4.69, 9.17) is 14.2 Å². The molecule has 0 radical (unpaired) electrons. The third-order valence-corrected chi connectivity index (χ3v) is 6.88. The molecule has 1 saturated heterocycles. The van der Waals surface area contributed by atoms with Gasteiger partial charge in [-0.1, -0.05) is 18.2 Å². The molecular weight excluding hydrogens is 430 g/mol. The zero-order valence-corrected chi connectivity index (χ0v) is 20.5. The first kappa shape index (κ1) is 22.6. The van der Waals surface area contributed by atoms with E-state index in [0.29, 0.717) is 25.5 Å². The third-order valence-electron chi connectivity index (χ3n) is 6.88. The number of hydrogen-bond acceptors (Lipinski definition) is 6. The number of allylic oxidation sites excluding steroid dienone is 1. The molecule has 3 aliphatic heterocycles. The number of nitrogens with zero attached hydrogens (tertiary/aromatic N) is 3. The van der Waals surface area contributed by atoms with Gasteiger partial charge in [0, 0.05) is 37.8 Å². The minimum Gasteiger partial charge on any atom is -0.495 e. The van der Waals surface area contributed by atoms with Crippen LogP contribution in [-0.4, -0.2) is 69.4 Å². The van der Waals surface area contributed by atoms with Crippen LogP contribution in [0.2, 0.25) is 0 Å². The molecule has 3 aliphatic rings. The van der Waals surface area contributed by atoms with Crippen LogP contribution in [0.5, 0.6) is 17.2 Å². The van der Waals surface area contributed by atoms with E-state index in [0.717, 1.165) is 60.2 Å². The van der Waals surface area contributed by atoms with Gasteiger partial charge in [-0.3, -0.25) is 9.69 Å². The molecular formula is C27H33N3O4. The fraction of sp³-hybridized carbons (Fsp3) is 0.444. The molecule has 0 spiro atoms. The van der Waals surface area contributed by atoms with Crippen LogP contribution in [0.4, 0.5) is 11.4 Å². The fourth-order valence-corrected chi connectivity index (χ4v) is 5.32. The number of carbonyl (C=O) groups is 1. The maximum atomic E-state index is 13.7. The van der Waals surface area contributed by atoms with Gasteiger partial charge in [-0.25, -0.2) is 0 Å². The highest BCUT2D eigenvalue weighted by Crippen LogP contribution is 2.45. The molecule has 0 unspecified atom stereocenters. The number of piperazine rings is 1. The minimum atomic E-state index is -0.433. The Labute approximate surface area is 201 Å². The van der Waals surface area contributed by atoms with Crippen LogP contribution in [-0.2, 0) is 4.79 Å². The van der Waals surface area contributed by atoms with Gasteiger partial charge < -0.3 is 24.0 Å². The monoisotopic (exact) mass is 463 g/mol. The Balaban J connectivity index is 1.33. The van der Waals surface area contributed by atoms with Crippen molar-refractivity contribution in [3.8, 4) is 17.2 Å². The Bertz CT molecular complexity index is 1120. The molecule has 1 fully saturated rings. The van der Waals surface area contributed by atoms with Crippen molar-refractivity contribution in [2.45, 2.75) is 26.3 Å². The largest absolute Gasteiger partial charge is 0.495 e.